The quantitative estimate of drug-likeness (QED) is 0.230. The van der Waals surface area contributed by atoms with Crippen molar-refractivity contribution in [3.63, 3.8) is 0 Å². The Balaban J connectivity index is 0.00000195. The Morgan fingerprint density at radius 3 is 2.39 bits per heavy atom. The molecule has 0 radical (unpaired) electrons. The molecule has 0 unspecified atom stereocenters. The van der Waals surface area contributed by atoms with E-state index in [4.69, 9.17) is 39.1 Å². The Hall–Kier alpha value is -3.13. The first-order chi connectivity index (χ1) is 18.3. The van der Waals surface area contributed by atoms with Crippen LogP contribution in [0.25, 0.3) is 0 Å². The Kier molecular flexibility index (Phi) is 10.5. The predicted molar refractivity (Wildman–Crippen MR) is 154 cm³/mol. The number of nitrogens with one attached hydrogen (secondary N) is 1. The number of rotatable bonds is 7. The molecule has 0 bridgehead atoms. The minimum absolute atomic E-state index is 0.0778. The van der Waals surface area contributed by atoms with Gasteiger partial charge in [0.05, 0.1) is 15.8 Å². The van der Waals surface area contributed by atoms with Crippen LogP contribution in [0.4, 0.5) is 5.69 Å². The second kappa shape index (κ2) is 13.6. The summed E-state index contributed by atoms with van der Waals surface area (Å²) < 4.78 is 6.08. The van der Waals surface area contributed by atoms with Gasteiger partial charge in [-0.3, -0.25) is 15.2 Å². The van der Waals surface area contributed by atoms with Crippen LogP contribution in [0.1, 0.15) is 66.8 Å². The molecular weight excluding hydrogens is 523 g/mol. The van der Waals surface area contributed by atoms with Crippen molar-refractivity contribution in [3.8, 4) is 5.75 Å². The van der Waals surface area contributed by atoms with Gasteiger partial charge in [0, 0.05) is 60.0 Å². The Bertz CT molecular complexity index is 1260. The molecule has 4 N–H and O–H groups in total. The van der Waals surface area contributed by atoms with Gasteiger partial charge in [0.25, 0.3) is 5.91 Å². The van der Waals surface area contributed by atoms with Crippen LogP contribution in [0.15, 0.2) is 54.9 Å². The Morgan fingerprint density at radius 1 is 1.13 bits per heavy atom. The minimum atomic E-state index is -0.463. The first-order valence-corrected chi connectivity index (χ1v) is 13.5. The number of nitrogens with two attached hydrogens (primary N) is 1. The lowest BCUT2D eigenvalue weighted by Gasteiger charge is -2.31. The van der Waals surface area contributed by atoms with Crippen molar-refractivity contribution in [1.82, 2.24) is 9.88 Å². The van der Waals surface area contributed by atoms with Crippen LogP contribution < -0.4 is 10.5 Å². The van der Waals surface area contributed by atoms with E-state index >= 15 is 0 Å². The van der Waals surface area contributed by atoms with Gasteiger partial charge in [0.15, 0.2) is 0 Å². The van der Waals surface area contributed by atoms with Gasteiger partial charge in [-0.15, -0.1) is 0 Å². The lowest BCUT2D eigenvalue weighted by molar-refractivity contribution is 0.0651. The number of benzene rings is 2. The zero-order valence-electron chi connectivity index (χ0n) is 21.9. The first kappa shape index (κ1) is 29.4. The third-order valence-corrected chi connectivity index (χ3v) is 7.06. The van der Waals surface area contributed by atoms with Gasteiger partial charge in [0.2, 0.25) is 0 Å². The van der Waals surface area contributed by atoms with Crippen molar-refractivity contribution in [1.29, 1.82) is 5.41 Å². The van der Waals surface area contributed by atoms with E-state index in [1.54, 1.807) is 47.4 Å². The molecule has 1 aliphatic rings. The average Bonchev–Trinajstić information content (AvgIpc) is 2.94. The molecule has 2 heterocycles. The van der Waals surface area contributed by atoms with Crippen LogP contribution >= 0.6 is 23.2 Å². The number of piperidine rings is 1. The summed E-state index contributed by atoms with van der Waals surface area (Å²) in [5, 5.41) is 19.0. The molecule has 1 atom stereocenters. The second-order valence-electron chi connectivity index (χ2n) is 8.90. The summed E-state index contributed by atoms with van der Waals surface area (Å²) in [6.45, 7) is 7.21. The number of hydrogen-bond acceptors (Lipinski definition) is 6. The van der Waals surface area contributed by atoms with Crippen LogP contribution in [0.5, 0.6) is 5.75 Å². The van der Waals surface area contributed by atoms with Gasteiger partial charge in [0.1, 0.15) is 11.9 Å². The van der Waals surface area contributed by atoms with Gasteiger partial charge in [-0.2, -0.15) is 0 Å². The van der Waals surface area contributed by atoms with Crippen molar-refractivity contribution in [2.24, 2.45) is 5.92 Å². The van der Waals surface area contributed by atoms with Crippen LogP contribution in [0.3, 0.4) is 0 Å². The number of aromatic nitrogens is 1. The maximum Gasteiger partial charge on any atom is 0.253 e. The molecule has 2 aromatic carbocycles. The highest BCUT2D eigenvalue weighted by Gasteiger charge is 2.24. The number of anilines is 1. The maximum absolute atomic E-state index is 13.1. The third kappa shape index (κ3) is 6.84. The molecule has 0 saturated carbocycles. The van der Waals surface area contributed by atoms with Crippen LogP contribution in [-0.2, 0) is 0 Å². The lowest BCUT2D eigenvalue weighted by atomic mass is 9.96. The number of ether oxygens (including phenoxy) is 1. The molecule has 0 spiro atoms. The standard InChI is InChI=1S/C27H28Cl2N4O3.C2H6/c1-16(25-22(28)13-32-14-23(25)29)36-20-5-6-24(30)21(12-20)26(31)18-3-2-4-19(11-18)27(35)33-9-7-17(15-34)8-10-33;1-2/h2-6,11-14,16-17,31,34H,7-10,15,30H2,1H3;1-2H3/t16-;/m1./s1. The normalized spacial score (nSPS) is 14.3. The third-order valence-electron chi connectivity index (χ3n) is 6.46. The molecule has 38 heavy (non-hydrogen) atoms. The van der Waals surface area contributed by atoms with Crippen LogP contribution in [-0.4, -0.2) is 46.3 Å². The summed E-state index contributed by atoms with van der Waals surface area (Å²) in [6.07, 6.45) is 4.13. The highest BCUT2D eigenvalue weighted by Crippen LogP contribution is 2.33. The Labute approximate surface area is 234 Å². The predicted octanol–water partition coefficient (Wildman–Crippen LogP) is 6.40. The summed E-state index contributed by atoms with van der Waals surface area (Å²) in [4.78, 5) is 18.8. The molecule has 1 fully saturated rings. The van der Waals surface area contributed by atoms with Gasteiger partial charge in [-0.1, -0.05) is 49.2 Å². The van der Waals surface area contributed by atoms with Crippen molar-refractivity contribution in [2.45, 2.75) is 39.7 Å². The van der Waals surface area contributed by atoms with Crippen molar-refractivity contribution in [3.05, 3.63) is 87.2 Å². The fourth-order valence-corrected chi connectivity index (χ4v) is 5.03. The SMILES string of the molecule is CC.C[C@@H](Oc1ccc(N)c(C(=N)c2cccc(C(=O)N3CCC(CO)CC3)c2)c1)c1c(Cl)cncc1Cl. The number of nitrogen functional groups attached to an aromatic ring is 1. The van der Waals surface area contributed by atoms with Crippen molar-refractivity contribution < 1.29 is 14.6 Å². The fourth-order valence-electron chi connectivity index (χ4n) is 4.36. The average molecular weight is 558 g/mol. The van der Waals surface area contributed by atoms with E-state index in [-0.39, 0.29) is 24.1 Å². The molecule has 1 amide bonds. The van der Waals surface area contributed by atoms with E-state index < -0.39 is 6.10 Å². The number of aliphatic hydroxyl groups is 1. The van der Waals surface area contributed by atoms with E-state index in [0.717, 1.165) is 12.8 Å². The Morgan fingerprint density at radius 2 is 1.76 bits per heavy atom. The topological polar surface area (TPSA) is 113 Å². The molecule has 1 aromatic heterocycles. The molecule has 7 nitrogen and oxygen atoms in total. The minimum Gasteiger partial charge on any atom is -0.486 e. The van der Waals surface area contributed by atoms with Gasteiger partial charge in [-0.25, -0.2) is 0 Å². The summed E-state index contributed by atoms with van der Waals surface area (Å²) >= 11 is 12.5. The molecule has 3 aromatic rings. The summed E-state index contributed by atoms with van der Waals surface area (Å²) in [6, 6.07) is 12.1. The van der Waals surface area contributed by atoms with E-state index in [1.807, 2.05) is 20.8 Å². The van der Waals surface area contributed by atoms with E-state index in [0.29, 0.717) is 56.8 Å². The molecule has 4 rings (SSSR count). The fraction of sp³-hybridized carbons (Fsp3) is 0.345. The van der Waals surface area contributed by atoms with Gasteiger partial charge < -0.3 is 20.5 Å². The molecule has 1 saturated heterocycles. The number of pyridine rings is 1. The number of hydrogen-bond donors (Lipinski definition) is 3. The summed E-state index contributed by atoms with van der Waals surface area (Å²) in [5.41, 5.74) is 9.01. The number of halogens is 2. The number of aliphatic hydroxyl groups excluding tert-OH is 1. The smallest absolute Gasteiger partial charge is 0.253 e. The van der Waals surface area contributed by atoms with Crippen LogP contribution in [0.2, 0.25) is 10.0 Å². The molecule has 1 aliphatic heterocycles. The largest absolute Gasteiger partial charge is 0.486 e. The second-order valence-corrected chi connectivity index (χ2v) is 9.71. The van der Waals surface area contributed by atoms with Gasteiger partial charge in [-0.05, 0) is 56.0 Å². The van der Waals surface area contributed by atoms with Crippen LogP contribution in [0, 0.1) is 11.3 Å². The zero-order chi connectivity index (χ0) is 27.8. The van der Waals surface area contributed by atoms with Gasteiger partial charge >= 0.3 is 0 Å². The lowest BCUT2D eigenvalue weighted by Crippen LogP contribution is -2.39. The van der Waals surface area contributed by atoms with E-state index in [2.05, 4.69) is 4.98 Å². The number of nitrogens with zero attached hydrogens (tertiary/aromatic N) is 2. The van der Waals surface area contributed by atoms with E-state index in [1.165, 1.54) is 12.4 Å². The molecule has 0 aliphatic carbocycles. The summed E-state index contributed by atoms with van der Waals surface area (Å²) in [7, 11) is 0. The number of amides is 1. The highest BCUT2D eigenvalue weighted by molar-refractivity contribution is 6.35. The number of carbonyl (C=O) groups excluding carboxylic acids is 1. The molecule has 202 valence electrons. The number of likely N-dealkylation sites (tertiary alicyclic amines) is 1. The zero-order valence-corrected chi connectivity index (χ0v) is 23.4. The first-order valence-electron chi connectivity index (χ1n) is 12.7. The van der Waals surface area contributed by atoms with E-state index in [9.17, 15) is 9.90 Å². The van der Waals surface area contributed by atoms with Crippen molar-refractivity contribution in [2.75, 3.05) is 25.4 Å². The summed E-state index contributed by atoms with van der Waals surface area (Å²) in [5.74, 6) is 0.671. The number of carbonyl (C=O) groups is 1. The molecule has 9 heteroatoms. The molecular formula is C29H34Cl2N4O3. The highest BCUT2D eigenvalue weighted by atomic mass is 35.5. The van der Waals surface area contributed by atoms with Crippen molar-refractivity contribution >= 4 is 40.5 Å². The maximum atomic E-state index is 13.1. The monoisotopic (exact) mass is 556 g/mol.